The van der Waals surface area contributed by atoms with Crippen molar-refractivity contribution >= 4 is 19.6 Å². The normalized spacial score (nSPS) is 13.0. The fraction of sp³-hybridized carbons (Fsp3) is 0.222. The minimum atomic E-state index is 0.00764. The van der Waals surface area contributed by atoms with Crippen LogP contribution in [0.15, 0.2) is 18.2 Å². The Balaban J connectivity index is 2.36. The standard InChI is InChI=1S/C9H8O3Se/c1-13-9(10)6-2-3-7-8(4-6)12-5-11-7/h2-4H,5H2,1H3. The van der Waals surface area contributed by atoms with Crippen molar-refractivity contribution in [2.24, 2.45) is 0 Å². The van der Waals surface area contributed by atoms with Crippen LogP contribution in [0.3, 0.4) is 0 Å². The van der Waals surface area contributed by atoms with Gasteiger partial charge in [0.05, 0.1) is 0 Å². The fourth-order valence-corrected chi connectivity index (χ4v) is 1.90. The number of ether oxygens (including phenoxy) is 2. The van der Waals surface area contributed by atoms with Crippen LogP contribution in [0.1, 0.15) is 10.4 Å². The Morgan fingerprint density at radius 3 is 2.92 bits per heavy atom. The summed E-state index contributed by atoms with van der Waals surface area (Å²) in [7, 11) is 0. The van der Waals surface area contributed by atoms with Gasteiger partial charge in [-0.05, 0) is 0 Å². The first-order chi connectivity index (χ1) is 6.31. The molecule has 0 aromatic heterocycles. The third-order valence-electron chi connectivity index (χ3n) is 1.79. The Morgan fingerprint density at radius 2 is 2.15 bits per heavy atom. The maximum absolute atomic E-state index is 11.3. The van der Waals surface area contributed by atoms with E-state index in [1.54, 1.807) is 18.2 Å². The molecular formula is C9H8O3Se. The van der Waals surface area contributed by atoms with E-state index >= 15 is 0 Å². The predicted octanol–water partition coefficient (Wildman–Crippen LogP) is 1.31. The van der Waals surface area contributed by atoms with E-state index < -0.39 is 0 Å². The number of fused-ring (bicyclic) bond motifs is 1. The van der Waals surface area contributed by atoms with Crippen molar-refractivity contribution < 1.29 is 14.3 Å². The third kappa shape index (κ3) is 1.55. The van der Waals surface area contributed by atoms with E-state index in [4.69, 9.17) is 9.47 Å². The van der Waals surface area contributed by atoms with Gasteiger partial charge in [0, 0.05) is 0 Å². The number of benzene rings is 1. The van der Waals surface area contributed by atoms with Crippen LogP contribution in [-0.4, -0.2) is 26.4 Å². The van der Waals surface area contributed by atoms with Crippen LogP contribution in [0.4, 0.5) is 0 Å². The SMILES string of the molecule is C[Se]C(=O)c1ccc2c(c1)OCO2. The molecule has 0 fully saturated rings. The summed E-state index contributed by atoms with van der Waals surface area (Å²) in [5.41, 5.74) is 0.715. The molecule has 0 saturated carbocycles. The average Bonchev–Trinajstić information content (AvgIpc) is 2.63. The Bertz CT molecular complexity index is 349. The van der Waals surface area contributed by atoms with E-state index in [2.05, 4.69) is 0 Å². The number of hydrogen-bond donors (Lipinski definition) is 0. The van der Waals surface area contributed by atoms with E-state index in [1.807, 2.05) is 5.82 Å². The maximum atomic E-state index is 11.3. The molecule has 0 bridgehead atoms. The van der Waals surface area contributed by atoms with E-state index in [1.165, 1.54) is 0 Å². The summed E-state index contributed by atoms with van der Waals surface area (Å²) in [6, 6.07) is 5.30. The Morgan fingerprint density at radius 1 is 1.38 bits per heavy atom. The topological polar surface area (TPSA) is 35.5 Å². The first kappa shape index (κ1) is 8.60. The van der Waals surface area contributed by atoms with Gasteiger partial charge in [0.15, 0.2) is 0 Å². The Labute approximate surface area is 82.2 Å². The van der Waals surface area contributed by atoms with Crippen molar-refractivity contribution in [2.75, 3.05) is 6.79 Å². The summed E-state index contributed by atoms with van der Waals surface area (Å²) in [5.74, 6) is 3.30. The number of rotatable bonds is 2. The van der Waals surface area contributed by atoms with Gasteiger partial charge in [-0.3, -0.25) is 0 Å². The second-order valence-electron chi connectivity index (χ2n) is 2.56. The zero-order chi connectivity index (χ0) is 9.26. The Kier molecular flexibility index (Phi) is 2.25. The molecule has 1 heterocycles. The van der Waals surface area contributed by atoms with Crippen molar-refractivity contribution in [3.05, 3.63) is 23.8 Å². The molecule has 1 aromatic carbocycles. The molecule has 0 atom stereocenters. The molecular weight excluding hydrogens is 235 g/mol. The summed E-state index contributed by atoms with van der Waals surface area (Å²) in [4.78, 5) is 11.3. The van der Waals surface area contributed by atoms with E-state index in [0.29, 0.717) is 11.3 Å². The van der Waals surface area contributed by atoms with Gasteiger partial charge in [-0.15, -0.1) is 0 Å². The second-order valence-corrected chi connectivity index (χ2v) is 4.19. The molecule has 2 rings (SSSR count). The zero-order valence-electron chi connectivity index (χ0n) is 7.07. The van der Waals surface area contributed by atoms with Crippen LogP contribution in [-0.2, 0) is 0 Å². The van der Waals surface area contributed by atoms with Gasteiger partial charge in [-0.25, -0.2) is 0 Å². The average molecular weight is 243 g/mol. The van der Waals surface area contributed by atoms with E-state index in [0.717, 1.165) is 5.75 Å². The number of carbonyl (C=O) groups is 1. The van der Waals surface area contributed by atoms with Crippen LogP contribution in [0.2, 0.25) is 5.82 Å². The quantitative estimate of drug-likeness (QED) is 0.734. The van der Waals surface area contributed by atoms with Crippen molar-refractivity contribution in [1.82, 2.24) is 0 Å². The molecule has 0 unspecified atom stereocenters. The van der Waals surface area contributed by atoms with Gasteiger partial charge in [-0.2, -0.15) is 0 Å². The molecule has 3 nitrogen and oxygen atoms in total. The van der Waals surface area contributed by atoms with Crippen LogP contribution < -0.4 is 9.47 Å². The van der Waals surface area contributed by atoms with E-state index in [-0.39, 0.29) is 26.4 Å². The molecule has 0 radical (unpaired) electrons. The molecule has 68 valence electrons. The minimum absolute atomic E-state index is 0.00764. The van der Waals surface area contributed by atoms with Crippen LogP contribution in [0.25, 0.3) is 0 Å². The summed E-state index contributed by atoms with van der Waals surface area (Å²) in [5, 5.41) is 0. The van der Waals surface area contributed by atoms with Gasteiger partial charge < -0.3 is 0 Å². The van der Waals surface area contributed by atoms with Gasteiger partial charge in [0.25, 0.3) is 0 Å². The van der Waals surface area contributed by atoms with Gasteiger partial charge in [0.2, 0.25) is 0 Å². The Hall–Kier alpha value is -0.991. The molecule has 0 aliphatic carbocycles. The molecule has 4 heteroatoms. The summed E-state index contributed by atoms with van der Waals surface area (Å²) in [6.07, 6.45) is 0. The number of carbonyl (C=O) groups excluding carboxylic acids is 1. The summed E-state index contributed by atoms with van der Waals surface area (Å²) >= 11 is 0.00764. The monoisotopic (exact) mass is 244 g/mol. The van der Waals surface area contributed by atoms with Gasteiger partial charge in [0.1, 0.15) is 0 Å². The zero-order valence-corrected chi connectivity index (χ0v) is 8.79. The van der Waals surface area contributed by atoms with Crippen molar-refractivity contribution in [1.29, 1.82) is 0 Å². The number of hydrogen-bond acceptors (Lipinski definition) is 3. The predicted molar refractivity (Wildman–Crippen MR) is 48.5 cm³/mol. The summed E-state index contributed by atoms with van der Waals surface area (Å²) < 4.78 is 10.5. The molecule has 1 aromatic rings. The first-order valence-corrected chi connectivity index (χ1v) is 6.36. The molecule has 0 spiro atoms. The first-order valence-electron chi connectivity index (χ1n) is 3.79. The molecule has 0 saturated heterocycles. The molecule has 0 amide bonds. The van der Waals surface area contributed by atoms with Crippen LogP contribution in [0.5, 0.6) is 11.5 Å². The van der Waals surface area contributed by atoms with Crippen molar-refractivity contribution in [3.8, 4) is 11.5 Å². The van der Waals surface area contributed by atoms with Gasteiger partial charge >= 0.3 is 81.8 Å². The second kappa shape index (κ2) is 3.40. The van der Waals surface area contributed by atoms with Crippen molar-refractivity contribution in [3.63, 3.8) is 0 Å². The van der Waals surface area contributed by atoms with E-state index in [9.17, 15) is 4.79 Å². The molecule has 1 aliphatic heterocycles. The molecule has 0 N–H and O–H groups in total. The molecule has 1 aliphatic rings. The third-order valence-corrected chi connectivity index (χ3v) is 3.07. The van der Waals surface area contributed by atoms with Crippen LogP contribution in [0, 0.1) is 0 Å². The van der Waals surface area contributed by atoms with Crippen molar-refractivity contribution in [2.45, 2.75) is 5.82 Å². The van der Waals surface area contributed by atoms with Gasteiger partial charge in [-0.1, -0.05) is 0 Å². The fourth-order valence-electron chi connectivity index (χ4n) is 1.14. The summed E-state index contributed by atoms with van der Waals surface area (Å²) in [6.45, 7) is 0.254. The molecule has 13 heavy (non-hydrogen) atoms. The van der Waals surface area contributed by atoms with Crippen LogP contribution >= 0.6 is 0 Å².